The second-order valence-corrected chi connectivity index (χ2v) is 9.22. The van der Waals surface area contributed by atoms with Crippen LogP contribution in [0.1, 0.15) is 20.7 Å². The van der Waals surface area contributed by atoms with Gasteiger partial charge in [0.2, 0.25) is 0 Å². The molecule has 3 aromatic carbocycles. The molecule has 0 radical (unpaired) electrons. The molecule has 174 valence electrons. The number of aliphatic hydroxyl groups is 1. The van der Waals surface area contributed by atoms with Crippen molar-refractivity contribution in [1.82, 2.24) is 14.7 Å². The number of aliphatic hydroxyl groups excluding tert-OH is 1. The molecule has 4 rings (SSSR count). The summed E-state index contributed by atoms with van der Waals surface area (Å²) in [6.07, 6.45) is 0. The van der Waals surface area contributed by atoms with Crippen LogP contribution in [0.5, 0.6) is 0 Å². The molecule has 0 fully saturated rings. The molecular formula is C24H19Cl2N3O4S. The zero-order valence-electron chi connectivity index (χ0n) is 17.9. The molecule has 7 nitrogen and oxygen atoms in total. The second kappa shape index (κ2) is 10.1. The Morgan fingerprint density at radius 2 is 1.68 bits per heavy atom. The highest BCUT2D eigenvalue weighted by atomic mass is 35.5. The van der Waals surface area contributed by atoms with Crippen LogP contribution in [0, 0.1) is 0 Å². The molecule has 1 amide bonds. The number of hydrogen-bond acceptors (Lipinski definition) is 5. The fraction of sp³-hybridized carbons (Fsp3) is 0.125. The minimum atomic E-state index is -1.02. The molecule has 1 aromatic heterocycles. The Balaban J connectivity index is 1.86. The van der Waals surface area contributed by atoms with Crippen LogP contribution >= 0.6 is 35.0 Å². The average molecular weight is 516 g/mol. The molecule has 2 N–H and O–H groups in total. The van der Waals surface area contributed by atoms with Crippen molar-refractivity contribution in [3.05, 3.63) is 81.8 Å². The van der Waals surface area contributed by atoms with Gasteiger partial charge in [0.05, 0.1) is 38.3 Å². The van der Waals surface area contributed by atoms with Gasteiger partial charge in [-0.05, 0) is 54.6 Å². The fourth-order valence-electron chi connectivity index (χ4n) is 3.39. The molecule has 34 heavy (non-hydrogen) atoms. The number of amides is 1. The van der Waals surface area contributed by atoms with Gasteiger partial charge in [0.15, 0.2) is 0 Å². The van der Waals surface area contributed by atoms with Crippen molar-refractivity contribution in [3.8, 4) is 5.69 Å². The van der Waals surface area contributed by atoms with Gasteiger partial charge < -0.3 is 15.1 Å². The van der Waals surface area contributed by atoms with E-state index in [9.17, 15) is 19.8 Å². The van der Waals surface area contributed by atoms with Crippen LogP contribution in [0.15, 0.2) is 70.6 Å². The summed E-state index contributed by atoms with van der Waals surface area (Å²) in [5, 5.41) is 25.3. The smallest absolute Gasteiger partial charge is 0.335 e. The topological polar surface area (TPSA) is 95.7 Å². The molecule has 1 heterocycles. The maximum absolute atomic E-state index is 12.8. The van der Waals surface area contributed by atoms with E-state index in [1.165, 1.54) is 28.8 Å². The molecule has 10 heteroatoms. The highest BCUT2D eigenvalue weighted by molar-refractivity contribution is 7.99. The standard InChI is InChI=1S/C24H19Cl2N3O4S/c1-28(11-12-30)23(31)15-7-10-20-17(13-15)22(34-21-18(25)3-2-4-19(21)26)27-29(20)16-8-5-14(6-9-16)24(32)33/h2-10,13,30H,11-12H2,1H3,(H,32,33). The van der Waals surface area contributed by atoms with E-state index < -0.39 is 5.97 Å². The summed E-state index contributed by atoms with van der Waals surface area (Å²) in [5.74, 6) is -1.25. The summed E-state index contributed by atoms with van der Waals surface area (Å²) < 4.78 is 1.68. The Morgan fingerprint density at radius 3 is 2.29 bits per heavy atom. The van der Waals surface area contributed by atoms with Gasteiger partial charge in [-0.1, -0.05) is 41.0 Å². The van der Waals surface area contributed by atoms with Gasteiger partial charge in [-0.3, -0.25) is 4.79 Å². The zero-order valence-corrected chi connectivity index (χ0v) is 20.2. The van der Waals surface area contributed by atoms with Crippen molar-refractivity contribution in [2.45, 2.75) is 9.92 Å². The lowest BCUT2D eigenvalue weighted by Gasteiger charge is -2.15. The third-order valence-electron chi connectivity index (χ3n) is 5.15. The van der Waals surface area contributed by atoms with E-state index >= 15 is 0 Å². The molecule has 4 aromatic rings. The van der Waals surface area contributed by atoms with Crippen LogP contribution in [-0.4, -0.2) is 57.0 Å². The number of benzene rings is 3. The van der Waals surface area contributed by atoms with E-state index in [1.54, 1.807) is 60.3 Å². The van der Waals surface area contributed by atoms with Crippen molar-refractivity contribution in [2.24, 2.45) is 0 Å². The maximum atomic E-state index is 12.8. The number of fused-ring (bicyclic) bond motifs is 1. The molecule has 0 aliphatic rings. The first-order valence-corrected chi connectivity index (χ1v) is 11.7. The van der Waals surface area contributed by atoms with Gasteiger partial charge >= 0.3 is 5.97 Å². The predicted molar refractivity (Wildman–Crippen MR) is 133 cm³/mol. The fourth-order valence-corrected chi connectivity index (χ4v) is 4.94. The van der Waals surface area contributed by atoms with Crippen molar-refractivity contribution < 1.29 is 19.8 Å². The van der Waals surface area contributed by atoms with Crippen molar-refractivity contribution >= 4 is 57.7 Å². The first-order chi connectivity index (χ1) is 16.3. The molecule has 0 atom stereocenters. The number of likely N-dealkylation sites (N-methyl/N-ethyl adjacent to an activating group) is 1. The van der Waals surface area contributed by atoms with Gasteiger partial charge in [0.25, 0.3) is 5.91 Å². The molecule has 0 aliphatic carbocycles. The first kappa shape index (κ1) is 24.1. The van der Waals surface area contributed by atoms with Crippen LogP contribution in [0.25, 0.3) is 16.6 Å². The molecule has 0 saturated carbocycles. The highest BCUT2D eigenvalue weighted by Gasteiger charge is 2.19. The molecular weight excluding hydrogens is 497 g/mol. The predicted octanol–water partition coefficient (Wildman–Crippen LogP) is 5.25. The van der Waals surface area contributed by atoms with Crippen molar-refractivity contribution in [3.63, 3.8) is 0 Å². The van der Waals surface area contributed by atoms with Gasteiger partial charge in [0.1, 0.15) is 5.03 Å². The van der Waals surface area contributed by atoms with Crippen molar-refractivity contribution in [1.29, 1.82) is 0 Å². The molecule has 0 saturated heterocycles. The van der Waals surface area contributed by atoms with Gasteiger partial charge in [0, 0.05) is 24.5 Å². The van der Waals surface area contributed by atoms with Crippen LogP contribution in [0.4, 0.5) is 0 Å². The lowest BCUT2D eigenvalue weighted by atomic mass is 10.1. The minimum absolute atomic E-state index is 0.138. The summed E-state index contributed by atoms with van der Waals surface area (Å²) in [6, 6.07) is 16.8. The van der Waals surface area contributed by atoms with Crippen LogP contribution in [0.2, 0.25) is 10.0 Å². The SMILES string of the molecule is CN(CCO)C(=O)c1ccc2c(c1)c(Sc1c(Cl)cccc1Cl)nn2-c1ccc(C(=O)O)cc1. The molecule has 0 bridgehead atoms. The number of rotatable bonds is 7. The second-order valence-electron chi connectivity index (χ2n) is 7.40. The number of carboxylic acid groups (broad SMARTS) is 1. The number of carbonyl (C=O) groups excluding carboxylic acids is 1. The Labute approximate surface area is 209 Å². The third-order valence-corrected chi connectivity index (χ3v) is 7.14. The number of carbonyl (C=O) groups is 2. The Hall–Kier alpha value is -3.04. The maximum Gasteiger partial charge on any atom is 0.335 e. The van der Waals surface area contributed by atoms with Gasteiger partial charge in [-0.25, -0.2) is 9.48 Å². The number of aromatic carboxylic acids is 1. The summed E-state index contributed by atoms with van der Waals surface area (Å²) in [7, 11) is 1.62. The first-order valence-electron chi connectivity index (χ1n) is 10.1. The highest BCUT2D eigenvalue weighted by Crippen LogP contribution is 2.41. The van der Waals surface area contributed by atoms with Crippen molar-refractivity contribution in [2.75, 3.05) is 20.2 Å². The zero-order chi connectivity index (χ0) is 24.4. The Morgan fingerprint density at radius 1 is 1.03 bits per heavy atom. The number of hydrogen-bond donors (Lipinski definition) is 2. The van der Waals surface area contributed by atoms with Crippen LogP contribution < -0.4 is 0 Å². The van der Waals surface area contributed by atoms with Gasteiger partial charge in [-0.15, -0.1) is 0 Å². The molecule has 0 spiro atoms. The summed E-state index contributed by atoms with van der Waals surface area (Å²) >= 11 is 14.0. The van der Waals surface area contributed by atoms with E-state index in [0.717, 1.165) is 5.52 Å². The van der Waals surface area contributed by atoms with E-state index in [-0.39, 0.29) is 24.6 Å². The molecule has 0 aliphatic heterocycles. The quantitative estimate of drug-likeness (QED) is 0.349. The van der Waals surface area contributed by atoms with E-state index in [1.807, 2.05) is 0 Å². The third kappa shape index (κ3) is 4.76. The largest absolute Gasteiger partial charge is 0.478 e. The monoisotopic (exact) mass is 515 g/mol. The lowest BCUT2D eigenvalue weighted by molar-refractivity contribution is 0.0696. The minimum Gasteiger partial charge on any atom is -0.478 e. The number of carboxylic acids is 1. The number of aromatic nitrogens is 2. The Kier molecular flexibility index (Phi) is 7.13. The van der Waals surface area contributed by atoms with E-state index in [0.29, 0.717) is 36.6 Å². The number of halogens is 2. The van der Waals surface area contributed by atoms with Gasteiger partial charge in [-0.2, -0.15) is 5.10 Å². The van der Waals surface area contributed by atoms with Crippen LogP contribution in [-0.2, 0) is 0 Å². The van der Waals surface area contributed by atoms with E-state index in [2.05, 4.69) is 0 Å². The summed E-state index contributed by atoms with van der Waals surface area (Å²) in [4.78, 5) is 26.1. The summed E-state index contributed by atoms with van der Waals surface area (Å²) in [6.45, 7) is 0.0732. The normalized spacial score (nSPS) is 11.1. The Bertz CT molecular complexity index is 1370. The number of nitrogens with zero attached hydrogens (tertiary/aromatic N) is 3. The average Bonchev–Trinajstić information content (AvgIpc) is 3.19. The molecule has 0 unspecified atom stereocenters. The lowest BCUT2D eigenvalue weighted by Crippen LogP contribution is -2.29. The summed E-state index contributed by atoms with van der Waals surface area (Å²) in [5.41, 5.74) is 1.98. The van der Waals surface area contributed by atoms with Crippen LogP contribution in [0.3, 0.4) is 0 Å². The van der Waals surface area contributed by atoms with E-state index in [4.69, 9.17) is 28.3 Å².